The van der Waals surface area contributed by atoms with Crippen LogP contribution < -0.4 is 4.90 Å². The average Bonchev–Trinajstić information content (AvgIpc) is 3.76. The third-order valence-corrected chi connectivity index (χ3v) is 13.4. The summed E-state index contributed by atoms with van der Waals surface area (Å²) in [6.45, 7) is 0. The van der Waals surface area contributed by atoms with E-state index in [1.54, 1.807) is 0 Å². The molecule has 1 nitrogen and oxygen atoms in total. The lowest BCUT2D eigenvalue weighted by Crippen LogP contribution is -2.25. The third-order valence-electron chi connectivity index (χ3n) is 12.3. The summed E-state index contributed by atoms with van der Waals surface area (Å²) in [4.78, 5) is 4.93. The molecular formula is C55H35NS. The minimum Gasteiger partial charge on any atom is -0.308 e. The minimum absolute atomic E-state index is 0.367. The molecule has 0 amide bonds. The van der Waals surface area contributed by atoms with E-state index >= 15 is 0 Å². The van der Waals surface area contributed by atoms with Crippen molar-refractivity contribution in [2.24, 2.45) is 0 Å². The predicted molar refractivity (Wildman–Crippen MR) is 238 cm³/mol. The normalized spacial score (nSPS) is 13.6. The Kier molecular flexibility index (Phi) is 7.14. The second-order valence-corrected chi connectivity index (χ2v) is 16.3. The molecule has 57 heavy (non-hydrogen) atoms. The minimum atomic E-state index is -0.367. The first-order valence-electron chi connectivity index (χ1n) is 19.7. The topological polar surface area (TPSA) is 3.24 Å². The van der Waals surface area contributed by atoms with Crippen molar-refractivity contribution in [3.63, 3.8) is 0 Å². The van der Waals surface area contributed by atoms with E-state index in [2.05, 4.69) is 217 Å². The maximum atomic E-state index is 2.49. The molecule has 0 N–H and O–H groups in total. The van der Waals surface area contributed by atoms with Crippen molar-refractivity contribution in [3.8, 4) is 55.6 Å². The molecule has 1 aliphatic heterocycles. The number of hydrogen-bond donors (Lipinski definition) is 0. The molecule has 0 saturated carbocycles. The molecule has 0 saturated heterocycles. The van der Waals surface area contributed by atoms with E-state index in [9.17, 15) is 0 Å². The van der Waals surface area contributed by atoms with Gasteiger partial charge in [0, 0.05) is 15.5 Å². The van der Waals surface area contributed by atoms with Gasteiger partial charge in [0.25, 0.3) is 0 Å². The summed E-state index contributed by atoms with van der Waals surface area (Å²) in [7, 11) is 0. The van der Waals surface area contributed by atoms with Gasteiger partial charge in [0.1, 0.15) is 0 Å². The Bertz CT molecular complexity index is 2970. The average molecular weight is 742 g/mol. The molecule has 12 rings (SSSR count). The summed E-state index contributed by atoms with van der Waals surface area (Å²) in [6.07, 6.45) is 0. The van der Waals surface area contributed by atoms with Gasteiger partial charge in [-0.25, -0.2) is 0 Å². The fourth-order valence-electron chi connectivity index (χ4n) is 9.79. The van der Waals surface area contributed by atoms with Crippen molar-refractivity contribution in [3.05, 3.63) is 235 Å². The number of fused-ring (bicyclic) bond motifs is 12. The molecular weight excluding hydrogens is 707 g/mol. The Morgan fingerprint density at radius 2 is 0.684 bits per heavy atom. The highest BCUT2D eigenvalue weighted by Crippen LogP contribution is 2.63. The van der Waals surface area contributed by atoms with Gasteiger partial charge in [0.05, 0.1) is 16.8 Å². The fraction of sp³-hybridized carbons (Fsp3) is 0.0182. The number of anilines is 3. The Hall–Kier alpha value is -6.87. The van der Waals surface area contributed by atoms with E-state index in [0.29, 0.717) is 0 Å². The maximum Gasteiger partial charge on any atom is 0.0725 e. The first kappa shape index (κ1) is 32.4. The van der Waals surface area contributed by atoms with Crippen molar-refractivity contribution in [1.82, 2.24) is 0 Å². The molecule has 3 aliphatic rings. The van der Waals surface area contributed by atoms with Crippen LogP contribution in [0.5, 0.6) is 0 Å². The van der Waals surface area contributed by atoms with Crippen LogP contribution in [-0.4, -0.2) is 0 Å². The van der Waals surface area contributed by atoms with E-state index < -0.39 is 0 Å². The largest absolute Gasteiger partial charge is 0.308 e. The standard InChI is InChI=1S/C55H35NS/c1-3-13-36(14-4-1)38-23-28-42(29-24-38)56-51-31-26-40(37-15-5-2-6-16-37)34-53(51)57-54-35-41(27-32-52(54)56)39-25-30-46-45-19-9-12-22-49(45)55(50(46)33-39)47-20-10-7-17-43(47)44-18-8-11-21-48(44)55/h1-35H. The van der Waals surface area contributed by atoms with Gasteiger partial charge in [-0.3, -0.25) is 0 Å². The van der Waals surface area contributed by atoms with E-state index in [0.717, 1.165) is 5.69 Å². The van der Waals surface area contributed by atoms with Crippen LogP contribution in [0.15, 0.2) is 222 Å². The molecule has 1 heterocycles. The van der Waals surface area contributed by atoms with Crippen molar-refractivity contribution in [1.29, 1.82) is 0 Å². The van der Waals surface area contributed by atoms with Gasteiger partial charge in [0.15, 0.2) is 0 Å². The molecule has 2 aliphatic carbocycles. The van der Waals surface area contributed by atoms with Crippen molar-refractivity contribution in [2.75, 3.05) is 4.90 Å². The zero-order valence-electron chi connectivity index (χ0n) is 31.1. The summed E-state index contributed by atoms with van der Waals surface area (Å²) in [5.41, 5.74) is 21.3. The van der Waals surface area contributed by atoms with Crippen molar-refractivity contribution >= 4 is 28.8 Å². The zero-order chi connectivity index (χ0) is 37.5. The van der Waals surface area contributed by atoms with Crippen molar-refractivity contribution in [2.45, 2.75) is 15.2 Å². The molecule has 2 heteroatoms. The molecule has 9 aromatic rings. The molecule has 0 aromatic heterocycles. The van der Waals surface area contributed by atoms with Gasteiger partial charge in [0.2, 0.25) is 0 Å². The van der Waals surface area contributed by atoms with E-state index in [4.69, 9.17) is 0 Å². The Morgan fingerprint density at radius 1 is 0.298 bits per heavy atom. The fourth-order valence-corrected chi connectivity index (χ4v) is 10.9. The summed E-state index contributed by atoms with van der Waals surface area (Å²) < 4.78 is 0. The lowest BCUT2D eigenvalue weighted by Gasteiger charge is -2.34. The van der Waals surface area contributed by atoms with E-state index in [1.165, 1.54) is 99.1 Å². The van der Waals surface area contributed by atoms with Crippen LogP contribution in [0, 0.1) is 0 Å². The number of nitrogens with zero attached hydrogens (tertiary/aromatic N) is 1. The molecule has 266 valence electrons. The number of benzene rings is 9. The highest BCUT2D eigenvalue weighted by atomic mass is 32.2. The lowest BCUT2D eigenvalue weighted by molar-refractivity contribution is 0.794. The summed E-state index contributed by atoms with van der Waals surface area (Å²) in [6, 6.07) is 78.7. The number of hydrogen-bond acceptors (Lipinski definition) is 2. The van der Waals surface area contributed by atoms with Crippen LogP contribution in [-0.2, 0) is 5.41 Å². The van der Waals surface area contributed by atoms with Gasteiger partial charge in [-0.05, 0) is 120 Å². The molecule has 9 aromatic carbocycles. The van der Waals surface area contributed by atoms with Gasteiger partial charge >= 0.3 is 0 Å². The first-order chi connectivity index (χ1) is 28.3. The molecule has 1 spiro atoms. The second-order valence-electron chi connectivity index (χ2n) is 15.2. The molecule has 0 atom stereocenters. The van der Waals surface area contributed by atoms with Crippen LogP contribution in [0.2, 0.25) is 0 Å². The van der Waals surface area contributed by atoms with Gasteiger partial charge in [-0.2, -0.15) is 0 Å². The van der Waals surface area contributed by atoms with Gasteiger partial charge in [-0.1, -0.05) is 182 Å². The summed E-state index contributed by atoms with van der Waals surface area (Å²) in [5.74, 6) is 0. The van der Waals surface area contributed by atoms with Crippen molar-refractivity contribution < 1.29 is 0 Å². The Labute approximate surface area is 337 Å². The van der Waals surface area contributed by atoms with Gasteiger partial charge < -0.3 is 4.90 Å². The van der Waals surface area contributed by atoms with Crippen LogP contribution in [0.4, 0.5) is 17.1 Å². The molecule has 0 bridgehead atoms. The third kappa shape index (κ3) is 4.78. The monoisotopic (exact) mass is 741 g/mol. The van der Waals surface area contributed by atoms with Crippen LogP contribution in [0.25, 0.3) is 55.6 Å². The van der Waals surface area contributed by atoms with Crippen LogP contribution in [0.1, 0.15) is 22.3 Å². The summed E-state index contributed by atoms with van der Waals surface area (Å²) in [5, 5.41) is 0. The van der Waals surface area contributed by atoms with Crippen LogP contribution >= 0.6 is 11.8 Å². The molecule has 0 radical (unpaired) electrons. The lowest BCUT2D eigenvalue weighted by atomic mass is 9.70. The maximum absolute atomic E-state index is 2.49. The second kappa shape index (κ2) is 12.6. The SMILES string of the molecule is c1ccc(-c2ccc(N3c4ccc(-c5ccccc5)cc4Sc4cc(-c5ccc6c(c5)C5(c7ccccc7-c7ccccc75)c5ccccc5-6)ccc43)cc2)cc1. The van der Waals surface area contributed by atoms with Gasteiger partial charge in [-0.15, -0.1) is 0 Å². The first-order valence-corrected chi connectivity index (χ1v) is 20.5. The summed E-state index contributed by atoms with van der Waals surface area (Å²) >= 11 is 1.87. The highest BCUT2D eigenvalue weighted by Gasteiger charge is 2.51. The highest BCUT2D eigenvalue weighted by molar-refractivity contribution is 7.99. The Morgan fingerprint density at radius 3 is 1.23 bits per heavy atom. The number of rotatable bonds is 4. The zero-order valence-corrected chi connectivity index (χ0v) is 31.9. The smallest absolute Gasteiger partial charge is 0.0725 e. The quantitative estimate of drug-likeness (QED) is 0.177. The molecule has 0 unspecified atom stereocenters. The predicted octanol–water partition coefficient (Wildman–Crippen LogP) is 15.0. The van der Waals surface area contributed by atoms with E-state index in [1.807, 2.05) is 11.8 Å². The molecule has 0 fully saturated rings. The van der Waals surface area contributed by atoms with Crippen LogP contribution in [0.3, 0.4) is 0 Å². The Balaban J connectivity index is 1.01. The van der Waals surface area contributed by atoms with E-state index in [-0.39, 0.29) is 5.41 Å².